The number of benzene rings is 1. The molecule has 190 valence electrons. The number of sulfone groups is 1. The zero-order valence-corrected chi connectivity index (χ0v) is 19.7. The number of piperidine rings is 1. The lowest BCUT2D eigenvalue weighted by molar-refractivity contribution is -0.186. The van der Waals surface area contributed by atoms with Crippen LogP contribution >= 0.6 is 0 Å². The molecule has 2 aliphatic heterocycles. The molecule has 2 N–H and O–H groups in total. The van der Waals surface area contributed by atoms with Gasteiger partial charge in [-0.15, -0.1) is 0 Å². The van der Waals surface area contributed by atoms with E-state index in [-0.39, 0.29) is 48.5 Å². The molecule has 0 aliphatic carbocycles. The minimum Gasteiger partial charge on any atom is -0.335 e. The third-order valence-electron chi connectivity index (χ3n) is 6.31. The first-order valence-electron chi connectivity index (χ1n) is 11.1. The first kappa shape index (κ1) is 25.4. The molecule has 36 heavy (non-hydrogen) atoms. The Bertz CT molecular complexity index is 1370. The molecule has 0 saturated carbocycles. The molecule has 9 nitrogen and oxygen atoms in total. The Kier molecular flexibility index (Phi) is 6.90. The van der Waals surface area contributed by atoms with E-state index < -0.39 is 27.8 Å². The van der Waals surface area contributed by atoms with Crippen molar-refractivity contribution >= 4 is 32.9 Å². The average Bonchev–Trinajstić information content (AvgIpc) is 3.33. The molecule has 4 rings (SSSR count). The van der Waals surface area contributed by atoms with E-state index in [0.717, 1.165) is 16.0 Å². The van der Waals surface area contributed by atoms with E-state index in [9.17, 15) is 31.2 Å². The van der Waals surface area contributed by atoms with E-state index in [1.165, 1.54) is 6.20 Å². The predicted octanol–water partition coefficient (Wildman–Crippen LogP) is 3.00. The van der Waals surface area contributed by atoms with Crippen LogP contribution in [-0.2, 0) is 14.6 Å². The number of rotatable bonds is 4. The number of nitrogens with zero attached hydrogens (tertiary/aromatic N) is 3. The molecule has 3 heterocycles. The number of hydrogen-bond acceptors (Lipinski definition) is 6. The van der Waals surface area contributed by atoms with Crippen molar-refractivity contribution in [1.29, 1.82) is 5.26 Å². The van der Waals surface area contributed by atoms with Gasteiger partial charge < -0.3 is 15.2 Å². The molecule has 2 aromatic rings. The number of halogens is 3. The van der Waals surface area contributed by atoms with Gasteiger partial charge >= 0.3 is 12.1 Å². The lowest BCUT2D eigenvalue weighted by atomic mass is 9.86. The number of nitrogens with one attached hydrogen (secondary N) is 2. The molecule has 0 atom stereocenters. The number of allylic oxidation sites excluding steroid dienone is 1. The highest BCUT2D eigenvalue weighted by Crippen LogP contribution is 2.36. The van der Waals surface area contributed by atoms with Gasteiger partial charge in [-0.1, -0.05) is 12.1 Å². The Balaban J connectivity index is 1.59. The molecular formula is C23H22F3N5O4S. The number of amides is 2. The number of anilines is 1. The monoisotopic (exact) mass is 521 g/mol. The van der Waals surface area contributed by atoms with E-state index in [1.54, 1.807) is 18.2 Å². The number of carbonyl (C=O) groups is 2. The van der Waals surface area contributed by atoms with Crippen molar-refractivity contribution in [2.24, 2.45) is 0 Å². The maximum atomic E-state index is 12.8. The summed E-state index contributed by atoms with van der Waals surface area (Å²) in [4.78, 5) is 31.5. The van der Waals surface area contributed by atoms with Gasteiger partial charge in [-0.25, -0.2) is 13.4 Å². The van der Waals surface area contributed by atoms with Crippen molar-refractivity contribution < 1.29 is 31.2 Å². The van der Waals surface area contributed by atoms with E-state index >= 15 is 0 Å². The van der Waals surface area contributed by atoms with Crippen molar-refractivity contribution in [2.45, 2.75) is 31.4 Å². The summed E-state index contributed by atoms with van der Waals surface area (Å²) in [6.07, 6.45) is -1.17. The van der Waals surface area contributed by atoms with Crippen molar-refractivity contribution in [1.82, 2.24) is 14.9 Å². The fourth-order valence-corrected chi connectivity index (χ4v) is 5.54. The molecule has 1 aromatic carbocycles. The van der Waals surface area contributed by atoms with Gasteiger partial charge in [-0.05, 0) is 48.4 Å². The SMILES string of the molecule is N#Cc1cnc(C(=O)Nc2ccc(C3CCN(C(=O)C(F)(F)F)CC3)cc2C2=CCS(=O)(=O)CC2)[nH]1. The quantitative estimate of drug-likeness (QED) is 0.635. The highest BCUT2D eigenvalue weighted by atomic mass is 32.2. The Morgan fingerprint density at radius 2 is 1.94 bits per heavy atom. The summed E-state index contributed by atoms with van der Waals surface area (Å²) < 4.78 is 62.1. The third kappa shape index (κ3) is 5.59. The molecule has 0 radical (unpaired) electrons. The van der Waals surface area contributed by atoms with E-state index in [1.807, 2.05) is 12.1 Å². The zero-order chi connectivity index (χ0) is 26.1. The fourth-order valence-electron chi connectivity index (χ4n) is 4.38. The van der Waals surface area contributed by atoms with Crippen molar-refractivity contribution in [3.8, 4) is 6.07 Å². The summed E-state index contributed by atoms with van der Waals surface area (Å²) in [5.41, 5.74) is 2.68. The van der Waals surface area contributed by atoms with E-state index in [4.69, 9.17) is 5.26 Å². The zero-order valence-electron chi connectivity index (χ0n) is 18.9. The number of imidazole rings is 1. The number of H-pyrrole nitrogens is 1. The Morgan fingerprint density at radius 3 is 2.53 bits per heavy atom. The van der Waals surface area contributed by atoms with Crippen LogP contribution in [-0.4, -0.2) is 65.9 Å². The van der Waals surface area contributed by atoms with Crippen LogP contribution in [0.5, 0.6) is 0 Å². The molecule has 1 aromatic heterocycles. The predicted molar refractivity (Wildman–Crippen MR) is 124 cm³/mol. The van der Waals surface area contributed by atoms with Gasteiger partial charge in [0.05, 0.1) is 17.7 Å². The summed E-state index contributed by atoms with van der Waals surface area (Å²) in [7, 11) is -3.20. The van der Waals surface area contributed by atoms with Gasteiger partial charge in [0.25, 0.3) is 5.91 Å². The lowest BCUT2D eigenvalue weighted by Crippen LogP contribution is -2.45. The van der Waals surface area contributed by atoms with Crippen LogP contribution in [0.1, 0.15) is 52.6 Å². The lowest BCUT2D eigenvalue weighted by Gasteiger charge is -2.33. The second-order valence-electron chi connectivity index (χ2n) is 8.67. The standard InChI is InChI=1S/C23H22F3N5O4S/c24-23(25,26)22(33)31-7-3-14(4-8-31)16-1-2-19(30-21(32)20-28-13-17(12-27)29-20)18(11-16)15-5-9-36(34,35)10-6-15/h1-2,5,11,13-14H,3-4,6-10H2,(H,28,29)(H,30,32). The van der Waals surface area contributed by atoms with Gasteiger partial charge in [-0.2, -0.15) is 18.4 Å². The third-order valence-corrected chi connectivity index (χ3v) is 7.81. The minimum atomic E-state index is -4.91. The summed E-state index contributed by atoms with van der Waals surface area (Å²) in [5, 5.41) is 11.7. The Morgan fingerprint density at radius 1 is 1.22 bits per heavy atom. The molecule has 0 unspecified atom stereocenters. The second-order valence-corrected chi connectivity index (χ2v) is 10.9. The Hall–Kier alpha value is -3.66. The Labute approximate surface area is 204 Å². The van der Waals surface area contributed by atoms with Crippen molar-refractivity contribution in [3.05, 3.63) is 53.1 Å². The number of aromatic amines is 1. The number of hydrogen-bond donors (Lipinski definition) is 2. The van der Waals surface area contributed by atoms with Crippen LogP contribution in [0.25, 0.3) is 5.57 Å². The number of alkyl halides is 3. The van der Waals surface area contributed by atoms with Crippen molar-refractivity contribution in [3.63, 3.8) is 0 Å². The van der Waals surface area contributed by atoms with Crippen LogP contribution in [0.15, 0.2) is 30.5 Å². The van der Waals surface area contributed by atoms with Gasteiger partial charge in [0.1, 0.15) is 11.8 Å². The van der Waals surface area contributed by atoms with Crippen LogP contribution in [0, 0.1) is 11.3 Å². The van der Waals surface area contributed by atoms with Crippen LogP contribution < -0.4 is 5.32 Å². The first-order chi connectivity index (χ1) is 17.0. The van der Waals surface area contributed by atoms with Crippen LogP contribution in [0.3, 0.4) is 0 Å². The normalized spacial score (nSPS) is 18.3. The minimum absolute atomic E-state index is 0.0303. The molecule has 1 fully saturated rings. The van der Waals surface area contributed by atoms with Crippen molar-refractivity contribution in [2.75, 3.05) is 29.9 Å². The van der Waals surface area contributed by atoms with E-state index in [2.05, 4.69) is 15.3 Å². The molecule has 13 heteroatoms. The maximum absolute atomic E-state index is 12.8. The second kappa shape index (κ2) is 9.77. The number of carbonyl (C=O) groups excluding carboxylic acids is 2. The first-order valence-corrected chi connectivity index (χ1v) is 13.0. The van der Waals surface area contributed by atoms with Crippen LogP contribution in [0.2, 0.25) is 0 Å². The summed E-state index contributed by atoms with van der Waals surface area (Å²) in [6.45, 7) is -0.0605. The highest BCUT2D eigenvalue weighted by Gasteiger charge is 2.43. The summed E-state index contributed by atoms with van der Waals surface area (Å²) in [5.74, 6) is -2.79. The number of likely N-dealkylation sites (tertiary alicyclic amines) is 1. The highest BCUT2D eigenvalue weighted by molar-refractivity contribution is 7.91. The summed E-state index contributed by atoms with van der Waals surface area (Å²) in [6, 6.07) is 7.08. The summed E-state index contributed by atoms with van der Waals surface area (Å²) >= 11 is 0. The number of aromatic nitrogens is 2. The van der Waals surface area contributed by atoms with Crippen LogP contribution in [0.4, 0.5) is 18.9 Å². The topological polar surface area (TPSA) is 136 Å². The molecule has 0 bridgehead atoms. The van der Waals surface area contributed by atoms with Gasteiger partial charge in [0.15, 0.2) is 15.7 Å². The maximum Gasteiger partial charge on any atom is 0.471 e. The largest absolute Gasteiger partial charge is 0.471 e. The molecular weight excluding hydrogens is 499 g/mol. The van der Waals surface area contributed by atoms with E-state index in [0.29, 0.717) is 24.1 Å². The van der Waals surface area contributed by atoms with Gasteiger partial charge in [0, 0.05) is 24.3 Å². The number of nitriles is 1. The fraction of sp³-hybridized carbons (Fsp3) is 0.391. The molecule has 0 spiro atoms. The molecule has 2 aliphatic rings. The van der Waals surface area contributed by atoms with Gasteiger partial charge in [-0.3, -0.25) is 9.59 Å². The smallest absolute Gasteiger partial charge is 0.335 e. The average molecular weight is 522 g/mol. The van der Waals surface area contributed by atoms with Gasteiger partial charge in [0.2, 0.25) is 0 Å². The molecule has 1 saturated heterocycles. The molecule has 2 amide bonds.